The minimum absolute atomic E-state index is 0.103. The molecule has 2 aromatic rings. The maximum atomic E-state index is 12.6. The van der Waals surface area contributed by atoms with Crippen molar-refractivity contribution in [3.63, 3.8) is 0 Å². The summed E-state index contributed by atoms with van der Waals surface area (Å²) in [5.74, 6) is -1.27. The zero-order valence-electron chi connectivity index (χ0n) is 14.6. The van der Waals surface area contributed by atoms with E-state index < -0.39 is 16.0 Å². The van der Waals surface area contributed by atoms with E-state index in [1.54, 1.807) is 6.20 Å². The summed E-state index contributed by atoms with van der Waals surface area (Å²) < 4.78 is 36.2. The lowest BCUT2D eigenvalue weighted by Crippen LogP contribution is -2.42. The molecule has 146 valence electrons. The van der Waals surface area contributed by atoms with Crippen LogP contribution < -0.4 is 5.32 Å². The van der Waals surface area contributed by atoms with Crippen LogP contribution in [0.5, 0.6) is 0 Å². The molecule has 3 rings (SSSR count). The number of hydrogen-bond donors (Lipinski definition) is 1. The largest absolute Gasteiger partial charge is 0.463 e. The second kappa shape index (κ2) is 8.19. The van der Waals surface area contributed by atoms with Crippen molar-refractivity contribution in [1.29, 1.82) is 0 Å². The van der Waals surface area contributed by atoms with Gasteiger partial charge in [-0.3, -0.25) is 4.79 Å². The number of rotatable bonds is 6. The van der Waals surface area contributed by atoms with Crippen molar-refractivity contribution < 1.29 is 27.2 Å². The molecule has 0 aromatic carbocycles. The molecule has 0 bridgehead atoms. The summed E-state index contributed by atoms with van der Waals surface area (Å²) in [5, 5.41) is 5.18. The topological polar surface area (TPSA) is 119 Å². The minimum atomic E-state index is -3.86. The zero-order valence-corrected chi connectivity index (χ0v) is 16.2. The SMILES string of the molecule is COC(=O)c1ccc(S(=O)(=O)N2CCC(C(=O)NCc3nccs3)CC2)o1. The Morgan fingerprint density at radius 1 is 1.37 bits per heavy atom. The Balaban J connectivity index is 1.56. The monoisotopic (exact) mass is 413 g/mol. The molecule has 11 heteroatoms. The van der Waals surface area contributed by atoms with Gasteiger partial charge in [0.1, 0.15) is 5.01 Å². The molecule has 1 fully saturated rings. The van der Waals surface area contributed by atoms with Gasteiger partial charge in [0.25, 0.3) is 10.0 Å². The van der Waals surface area contributed by atoms with Crippen LogP contribution in [0.1, 0.15) is 28.4 Å². The molecule has 1 saturated heterocycles. The Kier molecular flexibility index (Phi) is 5.92. The second-order valence-corrected chi connectivity index (χ2v) is 8.78. The highest BCUT2D eigenvalue weighted by molar-refractivity contribution is 7.89. The summed E-state index contributed by atoms with van der Waals surface area (Å²) in [6.45, 7) is 0.773. The molecule has 27 heavy (non-hydrogen) atoms. The first-order valence-corrected chi connectivity index (χ1v) is 10.6. The van der Waals surface area contributed by atoms with Gasteiger partial charge < -0.3 is 14.5 Å². The number of hydrogen-bond acceptors (Lipinski definition) is 8. The van der Waals surface area contributed by atoms with Crippen LogP contribution in [0, 0.1) is 5.92 Å². The molecule has 0 atom stereocenters. The van der Waals surface area contributed by atoms with Gasteiger partial charge in [-0.25, -0.2) is 18.2 Å². The van der Waals surface area contributed by atoms with E-state index >= 15 is 0 Å². The van der Waals surface area contributed by atoms with Crippen molar-refractivity contribution in [3.8, 4) is 0 Å². The Morgan fingerprint density at radius 3 is 2.74 bits per heavy atom. The zero-order chi connectivity index (χ0) is 19.4. The number of esters is 1. The van der Waals surface area contributed by atoms with Gasteiger partial charge in [0.15, 0.2) is 0 Å². The lowest BCUT2D eigenvalue weighted by Gasteiger charge is -2.29. The van der Waals surface area contributed by atoms with Crippen molar-refractivity contribution in [2.24, 2.45) is 5.92 Å². The fraction of sp³-hybridized carbons (Fsp3) is 0.438. The Bertz CT molecular complexity index is 898. The normalized spacial score (nSPS) is 16.2. The summed E-state index contributed by atoms with van der Waals surface area (Å²) in [6, 6.07) is 2.49. The number of furan rings is 1. The molecule has 0 radical (unpaired) electrons. The number of nitrogens with one attached hydrogen (secondary N) is 1. The molecule has 1 aliphatic heterocycles. The van der Waals surface area contributed by atoms with Crippen LogP contribution in [-0.4, -0.2) is 49.8 Å². The fourth-order valence-corrected chi connectivity index (χ4v) is 4.74. The average Bonchev–Trinajstić information content (AvgIpc) is 3.37. The van der Waals surface area contributed by atoms with E-state index in [1.807, 2.05) is 5.38 Å². The number of thiazole rings is 1. The van der Waals surface area contributed by atoms with Crippen molar-refractivity contribution in [3.05, 3.63) is 34.5 Å². The van der Waals surface area contributed by atoms with Crippen molar-refractivity contribution >= 4 is 33.2 Å². The predicted octanol–water partition coefficient (Wildman–Crippen LogP) is 1.24. The third kappa shape index (κ3) is 4.37. The average molecular weight is 413 g/mol. The van der Waals surface area contributed by atoms with Crippen LogP contribution in [0.4, 0.5) is 0 Å². The lowest BCUT2D eigenvalue weighted by molar-refractivity contribution is -0.126. The molecule has 1 amide bonds. The van der Waals surface area contributed by atoms with Crippen LogP contribution >= 0.6 is 11.3 Å². The standard InChI is InChI=1S/C16H19N3O6S2/c1-24-16(21)12-2-3-14(25-12)27(22,23)19-7-4-11(5-8-19)15(20)18-10-13-17-6-9-26-13/h2-3,6,9,11H,4-5,7-8,10H2,1H3,(H,18,20). The highest BCUT2D eigenvalue weighted by atomic mass is 32.2. The number of amides is 1. The van der Waals surface area contributed by atoms with Crippen molar-refractivity contribution in [1.82, 2.24) is 14.6 Å². The molecular weight excluding hydrogens is 394 g/mol. The molecule has 0 unspecified atom stereocenters. The quantitative estimate of drug-likeness (QED) is 0.708. The summed E-state index contributed by atoms with van der Waals surface area (Å²) in [6.07, 6.45) is 2.50. The lowest BCUT2D eigenvalue weighted by atomic mass is 9.97. The first-order chi connectivity index (χ1) is 12.9. The number of methoxy groups -OCH3 is 1. The summed E-state index contributed by atoms with van der Waals surface area (Å²) in [4.78, 5) is 27.8. The van der Waals surface area contributed by atoms with E-state index in [-0.39, 0.29) is 35.8 Å². The van der Waals surface area contributed by atoms with E-state index in [0.29, 0.717) is 19.4 Å². The highest BCUT2D eigenvalue weighted by Crippen LogP contribution is 2.25. The molecule has 9 nitrogen and oxygen atoms in total. The summed E-state index contributed by atoms with van der Waals surface area (Å²) in [5.41, 5.74) is 0. The summed E-state index contributed by atoms with van der Waals surface area (Å²) in [7, 11) is -2.68. The van der Waals surface area contributed by atoms with Crippen LogP contribution in [0.15, 0.2) is 33.2 Å². The van der Waals surface area contributed by atoms with E-state index in [2.05, 4.69) is 15.0 Å². The molecule has 1 aliphatic rings. The van der Waals surface area contributed by atoms with E-state index in [9.17, 15) is 18.0 Å². The number of piperidine rings is 1. The van der Waals surface area contributed by atoms with Gasteiger partial charge in [-0.1, -0.05) is 0 Å². The van der Waals surface area contributed by atoms with Crippen LogP contribution in [0.3, 0.4) is 0 Å². The van der Waals surface area contributed by atoms with E-state index in [0.717, 1.165) is 5.01 Å². The van der Waals surface area contributed by atoms with Gasteiger partial charge in [0, 0.05) is 30.6 Å². The van der Waals surface area contributed by atoms with Gasteiger partial charge in [-0.2, -0.15) is 4.31 Å². The maximum absolute atomic E-state index is 12.6. The number of carbonyl (C=O) groups is 2. The van der Waals surface area contributed by atoms with Crippen LogP contribution in [-0.2, 0) is 26.1 Å². The van der Waals surface area contributed by atoms with Crippen molar-refractivity contribution in [2.75, 3.05) is 20.2 Å². The maximum Gasteiger partial charge on any atom is 0.374 e. The van der Waals surface area contributed by atoms with Gasteiger partial charge in [-0.15, -0.1) is 11.3 Å². The van der Waals surface area contributed by atoms with Gasteiger partial charge in [0.2, 0.25) is 16.8 Å². The number of aromatic nitrogens is 1. The number of nitrogens with zero attached hydrogens (tertiary/aromatic N) is 2. The van der Waals surface area contributed by atoms with Gasteiger partial charge >= 0.3 is 5.97 Å². The molecule has 0 saturated carbocycles. The third-order valence-electron chi connectivity index (χ3n) is 4.28. The van der Waals surface area contributed by atoms with E-state index in [4.69, 9.17) is 4.42 Å². The highest BCUT2D eigenvalue weighted by Gasteiger charge is 2.34. The Labute approximate surface area is 160 Å². The minimum Gasteiger partial charge on any atom is -0.463 e. The first kappa shape index (κ1) is 19.5. The van der Waals surface area contributed by atoms with Gasteiger partial charge in [0.05, 0.1) is 13.7 Å². The van der Waals surface area contributed by atoms with Gasteiger partial charge in [-0.05, 0) is 25.0 Å². The Morgan fingerprint density at radius 2 is 2.11 bits per heavy atom. The molecule has 0 spiro atoms. The molecule has 3 heterocycles. The van der Waals surface area contributed by atoms with Crippen LogP contribution in [0.25, 0.3) is 0 Å². The van der Waals surface area contributed by atoms with E-state index in [1.165, 1.54) is 34.9 Å². The predicted molar refractivity (Wildman–Crippen MR) is 95.5 cm³/mol. The first-order valence-electron chi connectivity index (χ1n) is 8.26. The Hall–Kier alpha value is -2.24. The smallest absolute Gasteiger partial charge is 0.374 e. The number of carbonyl (C=O) groups excluding carboxylic acids is 2. The molecule has 2 aromatic heterocycles. The molecule has 0 aliphatic carbocycles. The van der Waals surface area contributed by atoms with Crippen LogP contribution in [0.2, 0.25) is 0 Å². The molecule has 1 N–H and O–H groups in total. The number of sulfonamides is 1. The molecular formula is C16H19N3O6S2. The van der Waals surface area contributed by atoms with Crippen molar-refractivity contribution in [2.45, 2.75) is 24.5 Å². The second-order valence-electron chi connectivity index (χ2n) is 5.93. The summed E-state index contributed by atoms with van der Waals surface area (Å²) >= 11 is 1.46. The number of ether oxygens (including phenoxy) is 1. The third-order valence-corrected chi connectivity index (χ3v) is 6.84. The fourth-order valence-electron chi connectivity index (χ4n) is 2.80.